The first kappa shape index (κ1) is 32.8. The molecule has 0 aromatic heterocycles. The van der Waals surface area contributed by atoms with Gasteiger partial charge >= 0.3 is 23.9 Å². The highest BCUT2D eigenvalue weighted by Crippen LogP contribution is 2.16. The van der Waals surface area contributed by atoms with Crippen LogP contribution < -0.4 is 5.32 Å². The van der Waals surface area contributed by atoms with Crippen LogP contribution in [0, 0.1) is 0 Å². The van der Waals surface area contributed by atoms with E-state index in [1.807, 2.05) is 0 Å². The fourth-order valence-electron chi connectivity index (χ4n) is 3.39. The van der Waals surface area contributed by atoms with Crippen molar-refractivity contribution in [3.8, 4) is 0 Å². The predicted molar refractivity (Wildman–Crippen MR) is 127 cm³/mol. The monoisotopic (exact) mass is 516 g/mol. The number of nitrogens with one attached hydrogen (secondary N) is 1. The molecule has 12 nitrogen and oxygen atoms in total. The molecule has 0 saturated carbocycles. The van der Waals surface area contributed by atoms with E-state index in [1.165, 1.54) is 33.3 Å². The van der Waals surface area contributed by atoms with Crippen LogP contribution in [0.1, 0.15) is 70.6 Å². The van der Waals surface area contributed by atoms with Crippen LogP contribution in [0.3, 0.4) is 0 Å². The Morgan fingerprint density at radius 2 is 1.11 bits per heavy atom. The van der Waals surface area contributed by atoms with Gasteiger partial charge < -0.3 is 29.2 Å². The third kappa shape index (κ3) is 14.9. The van der Waals surface area contributed by atoms with Gasteiger partial charge in [0.25, 0.3) is 0 Å². The lowest BCUT2D eigenvalue weighted by molar-refractivity contribution is -0.144. The van der Waals surface area contributed by atoms with Crippen LogP contribution in [0.4, 0.5) is 0 Å². The number of unbranched alkanes of at least 4 members (excludes halogenated alkanes) is 2. The molecule has 1 N–H and O–H groups in total. The summed E-state index contributed by atoms with van der Waals surface area (Å²) < 4.78 is 18.5. The molecule has 36 heavy (non-hydrogen) atoms. The Labute approximate surface area is 212 Å². The first-order valence-corrected chi connectivity index (χ1v) is 12.0. The Bertz CT molecular complexity index is 726. The van der Waals surface area contributed by atoms with E-state index in [0.717, 1.165) is 0 Å². The van der Waals surface area contributed by atoms with Crippen LogP contribution in [0.25, 0.3) is 0 Å². The number of hydrogen-bond acceptors (Lipinski definition) is 10. The summed E-state index contributed by atoms with van der Waals surface area (Å²) in [7, 11) is 5.09. The number of amides is 2. The quantitative estimate of drug-likeness (QED) is 0.151. The molecule has 0 aromatic rings. The Balaban J connectivity index is 5.43. The average Bonchev–Trinajstić information content (AvgIpc) is 2.88. The predicted octanol–water partition coefficient (Wildman–Crippen LogP) is 1.28. The Hall–Kier alpha value is -3.18. The molecule has 0 aliphatic carbocycles. The molecule has 1 atom stereocenters. The van der Waals surface area contributed by atoms with E-state index in [-0.39, 0.29) is 69.9 Å². The zero-order valence-corrected chi connectivity index (χ0v) is 21.8. The minimum atomic E-state index is -0.890. The molecule has 0 saturated heterocycles. The molecule has 0 bridgehead atoms. The summed E-state index contributed by atoms with van der Waals surface area (Å²) in [6.07, 6.45) is 2.86. The molecule has 0 aromatic carbocycles. The van der Waals surface area contributed by atoms with Crippen molar-refractivity contribution in [2.45, 2.75) is 76.7 Å². The first-order chi connectivity index (χ1) is 17.2. The van der Waals surface area contributed by atoms with Crippen LogP contribution in [-0.4, -0.2) is 88.2 Å². The van der Waals surface area contributed by atoms with E-state index in [9.17, 15) is 28.8 Å². The molecule has 0 fully saturated rings. The third-order valence-corrected chi connectivity index (χ3v) is 5.45. The van der Waals surface area contributed by atoms with Crippen LogP contribution >= 0.6 is 0 Å². The topological polar surface area (TPSA) is 155 Å². The summed E-state index contributed by atoms with van der Waals surface area (Å²) in [5, 5.41) is 2.66. The Morgan fingerprint density at radius 1 is 0.611 bits per heavy atom. The van der Waals surface area contributed by atoms with Gasteiger partial charge in [-0.05, 0) is 32.1 Å². The van der Waals surface area contributed by atoms with E-state index in [2.05, 4.69) is 24.3 Å². The number of ether oxygens (including phenoxy) is 4. The first-order valence-electron chi connectivity index (χ1n) is 12.0. The number of rotatable bonds is 19. The second kappa shape index (κ2) is 20.1. The lowest BCUT2D eigenvalue weighted by atomic mass is 10.0. The van der Waals surface area contributed by atoms with Crippen LogP contribution in [-0.2, 0) is 47.7 Å². The largest absolute Gasteiger partial charge is 0.469 e. The van der Waals surface area contributed by atoms with E-state index < -0.39 is 29.9 Å². The van der Waals surface area contributed by atoms with Crippen molar-refractivity contribution in [2.24, 2.45) is 0 Å². The van der Waals surface area contributed by atoms with E-state index >= 15 is 0 Å². The number of methoxy groups -OCH3 is 4. The number of nitrogens with zero attached hydrogens (tertiary/aromatic N) is 1. The van der Waals surface area contributed by atoms with Crippen molar-refractivity contribution in [3.05, 3.63) is 0 Å². The number of esters is 4. The summed E-state index contributed by atoms with van der Waals surface area (Å²) in [4.78, 5) is 73.3. The van der Waals surface area contributed by atoms with Gasteiger partial charge in [0.15, 0.2) is 0 Å². The molecule has 12 heteroatoms. The van der Waals surface area contributed by atoms with Crippen molar-refractivity contribution >= 4 is 35.7 Å². The SMILES string of the molecule is COC(=O)CCCCCN(C(=O)CCCC(=O)OC)C(CCCC(=O)OC)C(=O)NCCC(=O)OC. The van der Waals surface area contributed by atoms with Crippen molar-refractivity contribution in [1.29, 1.82) is 0 Å². The van der Waals surface area contributed by atoms with Gasteiger partial charge in [-0.15, -0.1) is 0 Å². The van der Waals surface area contributed by atoms with E-state index in [1.54, 1.807) is 0 Å². The van der Waals surface area contributed by atoms with Gasteiger partial charge in [0, 0.05) is 38.8 Å². The van der Waals surface area contributed by atoms with Gasteiger partial charge in [-0.1, -0.05) is 6.42 Å². The second-order valence-electron chi connectivity index (χ2n) is 8.00. The molecule has 2 amide bonds. The van der Waals surface area contributed by atoms with Gasteiger partial charge in [-0.25, -0.2) is 0 Å². The highest BCUT2D eigenvalue weighted by atomic mass is 16.5. The highest BCUT2D eigenvalue weighted by molar-refractivity contribution is 5.88. The Morgan fingerprint density at radius 3 is 1.67 bits per heavy atom. The van der Waals surface area contributed by atoms with Gasteiger partial charge in [0.05, 0.1) is 34.9 Å². The normalized spacial score (nSPS) is 11.1. The molecule has 1 unspecified atom stereocenters. The zero-order valence-electron chi connectivity index (χ0n) is 21.8. The second-order valence-corrected chi connectivity index (χ2v) is 8.00. The number of carbonyl (C=O) groups excluding carboxylic acids is 6. The van der Waals surface area contributed by atoms with Gasteiger partial charge in [0.2, 0.25) is 11.8 Å². The summed E-state index contributed by atoms with van der Waals surface area (Å²) >= 11 is 0. The summed E-state index contributed by atoms with van der Waals surface area (Å²) in [6, 6.07) is -0.890. The van der Waals surface area contributed by atoms with Crippen LogP contribution in [0.2, 0.25) is 0 Å². The summed E-state index contributed by atoms with van der Waals surface area (Å²) in [6.45, 7) is 0.272. The molecular formula is C24H40N2O10. The van der Waals surface area contributed by atoms with Gasteiger partial charge in [0.1, 0.15) is 6.04 Å². The lowest BCUT2D eigenvalue weighted by Crippen LogP contribution is -2.50. The average molecular weight is 517 g/mol. The molecule has 0 aliphatic rings. The molecule has 0 heterocycles. The Kier molecular flexibility index (Phi) is 18.3. The van der Waals surface area contributed by atoms with E-state index in [4.69, 9.17) is 0 Å². The third-order valence-electron chi connectivity index (χ3n) is 5.45. The molecular weight excluding hydrogens is 476 g/mol. The number of hydrogen-bond donors (Lipinski definition) is 1. The van der Waals surface area contributed by atoms with E-state index in [0.29, 0.717) is 25.7 Å². The van der Waals surface area contributed by atoms with Gasteiger partial charge in [-0.3, -0.25) is 28.8 Å². The molecule has 0 rings (SSSR count). The standard InChI is InChI=1S/C24H40N2O10/c1-33-20(28)12-6-5-7-17-26(19(27)11-9-14-22(30)35-3)18(10-8-13-21(29)34-2)24(32)25-16-15-23(31)36-4/h18H,5-17H2,1-4H3,(H,25,32). The molecule has 0 spiro atoms. The summed E-state index contributed by atoms with van der Waals surface area (Å²) in [5.41, 5.74) is 0. The lowest BCUT2D eigenvalue weighted by Gasteiger charge is -2.31. The minimum Gasteiger partial charge on any atom is -0.469 e. The summed E-state index contributed by atoms with van der Waals surface area (Å²) in [5.74, 6) is -2.46. The zero-order chi connectivity index (χ0) is 27.3. The maximum atomic E-state index is 13.1. The maximum absolute atomic E-state index is 13.1. The molecule has 206 valence electrons. The molecule has 0 radical (unpaired) electrons. The fraction of sp³-hybridized carbons (Fsp3) is 0.750. The molecule has 0 aliphatic heterocycles. The fourth-order valence-corrected chi connectivity index (χ4v) is 3.39. The van der Waals surface area contributed by atoms with Crippen molar-refractivity contribution in [2.75, 3.05) is 41.5 Å². The van der Waals surface area contributed by atoms with Crippen LogP contribution in [0.5, 0.6) is 0 Å². The number of carbonyl (C=O) groups is 6. The van der Waals surface area contributed by atoms with Crippen LogP contribution in [0.15, 0.2) is 0 Å². The van der Waals surface area contributed by atoms with Crippen molar-refractivity contribution in [1.82, 2.24) is 10.2 Å². The minimum absolute atomic E-state index is 0.0280. The smallest absolute Gasteiger partial charge is 0.307 e. The van der Waals surface area contributed by atoms with Crippen molar-refractivity contribution < 1.29 is 47.7 Å². The highest BCUT2D eigenvalue weighted by Gasteiger charge is 2.29. The maximum Gasteiger partial charge on any atom is 0.307 e. The van der Waals surface area contributed by atoms with Crippen molar-refractivity contribution in [3.63, 3.8) is 0 Å². The van der Waals surface area contributed by atoms with Gasteiger partial charge in [-0.2, -0.15) is 0 Å².